The topological polar surface area (TPSA) is 115 Å². The van der Waals surface area contributed by atoms with Crippen LogP contribution in [-0.2, 0) is 4.79 Å². The van der Waals surface area contributed by atoms with E-state index in [-0.39, 0.29) is 46.1 Å². The lowest BCUT2D eigenvalue weighted by Crippen LogP contribution is -2.22. The summed E-state index contributed by atoms with van der Waals surface area (Å²) in [5.41, 5.74) is 1.36. The molecule has 172 valence electrons. The van der Waals surface area contributed by atoms with Gasteiger partial charge in [-0.05, 0) is 17.7 Å². The highest BCUT2D eigenvalue weighted by molar-refractivity contribution is 5.93. The number of carbonyl (C=O) groups is 1. The Morgan fingerprint density at radius 2 is 1.62 bits per heavy atom. The number of phenolic OH excluding ortho intramolecular Hbond substituents is 2. The molecule has 0 amide bonds. The molecule has 0 saturated carbocycles. The zero-order chi connectivity index (χ0) is 24.0. The summed E-state index contributed by atoms with van der Waals surface area (Å²) in [6.45, 7) is 0. The number of esters is 1. The highest BCUT2D eigenvalue weighted by atomic mass is 16.5. The smallest absolute Gasteiger partial charge is 0.312 e. The molecule has 0 radical (unpaired) electrons. The molecule has 0 aliphatic carbocycles. The van der Waals surface area contributed by atoms with Crippen LogP contribution in [0.2, 0.25) is 0 Å². The summed E-state index contributed by atoms with van der Waals surface area (Å²) in [6, 6.07) is 14.8. The van der Waals surface area contributed by atoms with Gasteiger partial charge in [0.15, 0.2) is 16.9 Å². The maximum atomic E-state index is 13.0. The van der Waals surface area contributed by atoms with E-state index in [4.69, 9.17) is 18.6 Å². The summed E-state index contributed by atoms with van der Waals surface area (Å²) in [6.07, 6.45) is -0.0662. The molecule has 8 nitrogen and oxygen atoms in total. The van der Waals surface area contributed by atoms with Gasteiger partial charge in [0.2, 0.25) is 5.75 Å². The molecule has 1 atom stereocenters. The Labute approximate surface area is 193 Å². The van der Waals surface area contributed by atoms with E-state index < -0.39 is 17.3 Å². The summed E-state index contributed by atoms with van der Waals surface area (Å²) >= 11 is 0. The molecule has 1 aliphatic heterocycles. The van der Waals surface area contributed by atoms with Crippen LogP contribution < -0.4 is 19.6 Å². The van der Waals surface area contributed by atoms with Gasteiger partial charge < -0.3 is 28.8 Å². The van der Waals surface area contributed by atoms with E-state index in [1.54, 1.807) is 24.3 Å². The van der Waals surface area contributed by atoms with Crippen LogP contribution in [0.15, 0.2) is 63.8 Å². The van der Waals surface area contributed by atoms with Crippen LogP contribution in [0.5, 0.6) is 28.7 Å². The third kappa shape index (κ3) is 3.40. The average Bonchev–Trinajstić information content (AvgIpc) is 2.83. The second kappa shape index (κ2) is 8.15. The highest BCUT2D eigenvalue weighted by Crippen LogP contribution is 2.48. The Morgan fingerprint density at radius 3 is 2.26 bits per heavy atom. The Kier molecular flexibility index (Phi) is 5.13. The van der Waals surface area contributed by atoms with Crippen molar-refractivity contribution < 1.29 is 33.6 Å². The van der Waals surface area contributed by atoms with Crippen molar-refractivity contribution in [3.8, 4) is 40.1 Å². The van der Waals surface area contributed by atoms with Gasteiger partial charge in [-0.1, -0.05) is 30.3 Å². The number of hydrogen-bond donors (Lipinski definition) is 2. The van der Waals surface area contributed by atoms with E-state index in [9.17, 15) is 19.8 Å². The fraction of sp³-hybridized carbons (Fsp3) is 0.154. The minimum absolute atomic E-state index is 0.0147. The van der Waals surface area contributed by atoms with Crippen LogP contribution in [0.25, 0.3) is 22.3 Å². The fourth-order valence-corrected chi connectivity index (χ4v) is 4.30. The zero-order valence-corrected chi connectivity index (χ0v) is 18.3. The second-order valence-corrected chi connectivity index (χ2v) is 7.86. The number of carbonyl (C=O) groups excluding carboxylic acids is 1. The lowest BCUT2D eigenvalue weighted by molar-refractivity contribution is -0.135. The number of ether oxygens (including phenoxy) is 3. The number of benzene rings is 3. The SMILES string of the molecule is COc1cc([C@H]2CC(=O)Oc3cc(O)c4c(=O)cc(-c5ccccc5)oc4c32)cc(OC)c1O. The maximum Gasteiger partial charge on any atom is 0.312 e. The van der Waals surface area contributed by atoms with Crippen LogP contribution in [0.4, 0.5) is 0 Å². The summed E-state index contributed by atoms with van der Waals surface area (Å²) in [4.78, 5) is 25.5. The van der Waals surface area contributed by atoms with E-state index in [1.165, 1.54) is 26.4 Å². The first-order valence-corrected chi connectivity index (χ1v) is 10.5. The summed E-state index contributed by atoms with van der Waals surface area (Å²) in [5, 5.41) is 20.9. The van der Waals surface area contributed by atoms with Crippen molar-refractivity contribution in [3.63, 3.8) is 0 Å². The number of methoxy groups -OCH3 is 2. The molecule has 0 unspecified atom stereocenters. The van der Waals surface area contributed by atoms with Crippen LogP contribution in [0.3, 0.4) is 0 Å². The molecule has 1 aromatic heterocycles. The zero-order valence-electron chi connectivity index (χ0n) is 18.3. The van der Waals surface area contributed by atoms with Crippen molar-refractivity contribution in [1.29, 1.82) is 0 Å². The molecule has 0 fully saturated rings. The van der Waals surface area contributed by atoms with Crippen molar-refractivity contribution in [2.75, 3.05) is 14.2 Å². The molecule has 2 N–H and O–H groups in total. The minimum atomic E-state index is -0.628. The van der Waals surface area contributed by atoms with Gasteiger partial charge in [-0.15, -0.1) is 0 Å². The molecular formula is C26H20O8. The highest BCUT2D eigenvalue weighted by Gasteiger charge is 2.34. The summed E-state index contributed by atoms with van der Waals surface area (Å²) < 4.78 is 22.1. The predicted octanol–water partition coefficient (Wildman–Crippen LogP) is 4.33. The molecule has 1 aliphatic rings. The largest absolute Gasteiger partial charge is 0.507 e. The molecule has 5 rings (SSSR count). The van der Waals surface area contributed by atoms with Crippen LogP contribution in [-0.4, -0.2) is 30.4 Å². The van der Waals surface area contributed by atoms with Crippen molar-refractivity contribution >= 4 is 16.9 Å². The molecule has 0 saturated heterocycles. The van der Waals surface area contributed by atoms with E-state index in [0.717, 1.165) is 0 Å². The molecule has 34 heavy (non-hydrogen) atoms. The number of hydrogen-bond acceptors (Lipinski definition) is 8. The standard InChI is InChI=1S/C26H20O8/c1-31-20-8-14(9-21(32-2)25(20)30)15-10-22(29)33-19-12-17(28)24-16(27)11-18(34-26(24)23(15)19)13-6-4-3-5-7-13/h3-9,11-12,15,28,30H,10H2,1-2H3/t15-/m1/s1. The van der Waals surface area contributed by atoms with Gasteiger partial charge in [-0.25, -0.2) is 0 Å². The Balaban J connectivity index is 1.83. The van der Waals surface area contributed by atoms with Crippen LogP contribution in [0, 0.1) is 0 Å². The van der Waals surface area contributed by atoms with Crippen LogP contribution >= 0.6 is 0 Å². The van der Waals surface area contributed by atoms with Gasteiger partial charge in [-0.3, -0.25) is 9.59 Å². The molecular weight excluding hydrogens is 440 g/mol. The average molecular weight is 460 g/mol. The van der Waals surface area contributed by atoms with E-state index >= 15 is 0 Å². The lowest BCUT2D eigenvalue weighted by Gasteiger charge is -2.26. The van der Waals surface area contributed by atoms with E-state index in [0.29, 0.717) is 22.5 Å². The number of rotatable bonds is 4. The van der Waals surface area contributed by atoms with E-state index in [2.05, 4.69) is 0 Å². The molecule has 0 bridgehead atoms. The van der Waals surface area contributed by atoms with Crippen molar-refractivity contribution in [3.05, 3.63) is 75.9 Å². The quantitative estimate of drug-likeness (QED) is 0.342. The van der Waals surface area contributed by atoms with Crippen molar-refractivity contribution in [2.45, 2.75) is 12.3 Å². The number of fused-ring (bicyclic) bond motifs is 3. The van der Waals surface area contributed by atoms with Crippen molar-refractivity contribution in [1.82, 2.24) is 0 Å². The Bertz CT molecular complexity index is 1460. The van der Waals surface area contributed by atoms with Crippen LogP contribution in [0.1, 0.15) is 23.5 Å². The van der Waals surface area contributed by atoms with Gasteiger partial charge in [-0.2, -0.15) is 0 Å². The summed E-state index contributed by atoms with van der Waals surface area (Å²) in [7, 11) is 2.81. The predicted molar refractivity (Wildman–Crippen MR) is 123 cm³/mol. The van der Waals surface area contributed by atoms with Gasteiger partial charge >= 0.3 is 5.97 Å². The molecule has 2 heterocycles. The monoisotopic (exact) mass is 460 g/mol. The molecule has 4 aromatic rings. The number of phenols is 2. The van der Waals surface area contributed by atoms with Gasteiger partial charge in [0.1, 0.15) is 28.2 Å². The lowest BCUT2D eigenvalue weighted by atomic mass is 9.84. The second-order valence-electron chi connectivity index (χ2n) is 7.86. The van der Waals surface area contributed by atoms with Gasteiger partial charge in [0.05, 0.1) is 20.6 Å². The third-order valence-electron chi connectivity index (χ3n) is 5.89. The summed E-state index contributed by atoms with van der Waals surface area (Å²) in [5.74, 6) is -0.972. The normalized spacial score (nSPS) is 15.0. The number of aromatic hydroxyl groups is 2. The third-order valence-corrected chi connectivity index (χ3v) is 5.89. The van der Waals surface area contributed by atoms with Gasteiger partial charge in [0.25, 0.3) is 0 Å². The molecule has 0 spiro atoms. The maximum absolute atomic E-state index is 13.0. The Morgan fingerprint density at radius 1 is 0.941 bits per heavy atom. The Hall–Kier alpha value is -4.46. The first kappa shape index (κ1) is 21.4. The minimum Gasteiger partial charge on any atom is -0.507 e. The fourth-order valence-electron chi connectivity index (χ4n) is 4.30. The first-order chi connectivity index (χ1) is 16.4. The first-order valence-electron chi connectivity index (χ1n) is 10.5. The van der Waals surface area contributed by atoms with Crippen molar-refractivity contribution in [2.24, 2.45) is 0 Å². The van der Waals surface area contributed by atoms with E-state index in [1.807, 2.05) is 18.2 Å². The molecule has 3 aromatic carbocycles. The molecule has 8 heteroatoms. The van der Waals surface area contributed by atoms with Gasteiger partial charge in [0, 0.05) is 29.2 Å².